The van der Waals surface area contributed by atoms with Gasteiger partial charge in [0.1, 0.15) is 5.82 Å². The van der Waals surface area contributed by atoms with Crippen LogP contribution in [0.3, 0.4) is 0 Å². The van der Waals surface area contributed by atoms with Crippen molar-refractivity contribution < 1.29 is 4.39 Å². The van der Waals surface area contributed by atoms with Crippen LogP contribution in [0.15, 0.2) is 47.4 Å². The first-order chi connectivity index (χ1) is 9.11. The molecule has 2 rings (SSSR count). The predicted molar refractivity (Wildman–Crippen MR) is 81.9 cm³/mol. The van der Waals surface area contributed by atoms with Crippen LogP contribution in [-0.4, -0.2) is 6.26 Å². The van der Waals surface area contributed by atoms with E-state index < -0.39 is 0 Å². The van der Waals surface area contributed by atoms with Crippen LogP contribution in [0.5, 0.6) is 0 Å². The highest BCUT2D eigenvalue weighted by Crippen LogP contribution is 2.30. The SMILES string of the molecule is CSc1ccc(C(Cl)Cc2c(F)cccc2Cl)cc1. The Bertz CT molecular complexity index is 534. The summed E-state index contributed by atoms with van der Waals surface area (Å²) >= 11 is 14.0. The van der Waals surface area contributed by atoms with Gasteiger partial charge in [-0.05, 0) is 42.5 Å². The Labute approximate surface area is 126 Å². The zero-order chi connectivity index (χ0) is 13.8. The predicted octanol–water partition coefficient (Wildman–Crippen LogP) is 5.72. The average Bonchev–Trinajstić information content (AvgIpc) is 2.43. The largest absolute Gasteiger partial charge is 0.207 e. The molecule has 0 spiro atoms. The summed E-state index contributed by atoms with van der Waals surface area (Å²) in [6.07, 6.45) is 2.40. The molecule has 2 aromatic carbocycles. The van der Waals surface area contributed by atoms with Gasteiger partial charge in [0.2, 0.25) is 0 Å². The highest BCUT2D eigenvalue weighted by atomic mass is 35.5. The summed E-state index contributed by atoms with van der Waals surface area (Å²) in [5.41, 5.74) is 1.44. The molecule has 0 saturated heterocycles. The van der Waals surface area contributed by atoms with Crippen LogP contribution in [0.25, 0.3) is 0 Å². The minimum atomic E-state index is -0.307. The van der Waals surface area contributed by atoms with Crippen molar-refractivity contribution in [3.05, 3.63) is 64.4 Å². The van der Waals surface area contributed by atoms with E-state index in [1.165, 1.54) is 11.0 Å². The normalized spacial score (nSPS) is 12.4. The lowest BCUT2D eigenvalue weighted by Gasteiger charge is -2.12. The van der Waals surface area contributed by atoms with Gasteiger partial charge in [0.15, 0.2) is 0 Å². The maximum absolute atomic E-state index is 13.7. The van der Waals surface area contributed by atoms with Crippen LogP contribution < -0.4 is 0 Å². The minimum absolute atomic E-state index is 0.287. The Morgan fingerprint density at radius 2 is 1.84 bits per heavy atom. The van der Waals surface area contributed by atoms with Crippen molar-refractivity contribution in [3.8, 4) is 0 Å². The topological polar surface area (TPSA) is 0 Å². The summed E-state index contributed by atoms with van der Waals surface area (Å²) in [4.78, 5) is 1.18. The van der Waals surface area contributed by atoms with E-state index in [2.05, 4.69) is 0 Å². The highest BCUT2D eigenvalue weighted by molar-refractivity contribution is 7.98. The van der Waals surface area contributed by atoms with Gasteiger partial charge in [0.05, 0.1) is 5.38 Å². The molecule has 0 radical (unpaired) electrons. The van der Waals surface area contributed by atoms with E-state index in [4.69, 9.17) is 23.2 Å². The molecule has 0 fully saturated rings. The summed E-state index contributed by atoms with van der Waals surface area (Å²) in [6.45, 7) is 0. The molecule has 0 aromatic heterocycles. The zero-order valence-corrected chi connectivity index (χ0v) is 12.7. The second-order valence-electron chi connectivity index (χ2n) is 4.15. The van der Waals surface area contributed by atoms with Crippen molar-refractivity contribution in [1.29, 1.82) is 0 Å². The minimum Gasteiger partial charge on any atom is -0.207 e. The third kappa shape index (κ3) is 3.65. The molecule has 1 unspecified atom stereocenters. The molecule has 100 valence electrons. The van der Waals surface area contributed by atoms with Crippen molar-refractivity contribution >= 4 is 35.0 Å². The van der Waals surface area contributed by atoms with Gasteiger partial charge < -0.3 is 0 Å². The number of halogens is 3. The lowest BCUT2D eigenvalue weighted by molar-refractivity contribution is 0.607. The number of hydrogen-bond donors (Lipinski definition) is 0. The van der Waals surface area contributed by atoms with Gasteiger partial charge in [-0.3, -0.25) is 0 Å². The van der Waals surface area contributed by atoms with Crippen molar-refractivity contribution in [1.82, 2.24) is 0 Å². The van der Waals surface area contributed by atoms with Crippen LogP contribution in [0, 0.1) is 5.82 Å². The molecular formula is C15H13Cl2FS. The monoisotopic (exact) mass is 314 g/mol. The van der Waals surface area contributed by atoms with Crippen LogP contribution in [0.1, 0.15) is 16.5 Å². The van der Waals surface area contributed by atoms with E-state index >= 15 is 0 Å². The lowest BCUT2D eigenvalue weighted by atomic mass is 10.0. The molecule has 0 aliphatic carbocycles. The molecule has 0 aliphatic rings. The number of benzene rings is 2. The smallest absolute Gasteiger partial charge is 0.127 e. The van der Waals surface area contributed by atoms with Crippen molar-refractivity contribution in [2.24, 2.45) is 0 Å². The third-order valence-corrected chi connectivity index (χ3v) is 4.43. The molecule has 0 nitrogen and oxygen atoms in total. The van der Waals surface area contributed by atoms with Gasteiger partial charge in [0.25, 0.3) is 0 Å². The van der Waals surface area contributed by atoms with E-state index in [9.17, 15) is 4.39 Å². The molecule has 0 saturated carbocycles. The number of rotatable bonds is 4. The molecule has 4 heteroatoms. The molecular weight excluding hydrogens is 302 g/mol. The van der Waals surface area contributed by atoms with E-state index in [0.717, 1.165) is 5.56 Å². The van der Waals surface area contributed by atoms with Crippen molar-refractivity contribution in [2.75, 3.05) is 6.26 Å². The highest BCUT2D eigenvalue weighted by Gasteiger charge is 2.14. The van der Waals surface area contributed by atoms with Crippen LogP contribution in [0.2, 0.25) is 5.02 Å². The summed E-state index contributed by atoms with van der Waals surface area (Å²) in [6, 6.07) is 12.6. The fourth-order valence-corrected chi connectivity index (χ4v) is 2.79. The summed E-state index contributed by atoms with van der Waals surface area (Å²) < 4.78 is 13.7. The second kappa shape index (κ2) is 6.65. The molecule has 2 aromatic rings. The summed E-state index contributed by atoms with van der Waals surface area (Å²) in [5, 5.41) is 0.136. The summed E-state index contributed by atoms with van der Waals surface area (Å²) in [5.74, 6) is -0.307. The zero-order valence-electron chi connectivity index (χ0n) is 10.4. The van der Waals surface area contributed by atoms with Crippen molar-refractivity contribution in [2.45, 2.75) is 16.7 Å². The molecule has 0 aliphatic heterocycles. The van der Waals surface area contributed by atoms with Gasteiger partial charge in [-0.1, -0.05) is 29.8 Å². The second-order valence-corrected chi connectivity index (χ2v) is 5.96. The maximum Gasteiger partial charge on any atom is 0.127 e. The van der Waals surface area contributed by atoms with Crippen molar-refractivity contribution in [3.63, 3.8) is 0 Å². The van der Waals surface area contributed by atoms with Gasteiger partial charge in [-0.15, -0.1) is 23.4 Å². The Hall–Kier alpha value is -0.700. The molecule has 0 N–H and O–H groups in total. The molecule has 1 atom stereocenters. The summed E-state index contributed by atoms with van der Waals surface area (Å²) in [7, 11) is 0. The van der Waals surface area contributed by atoms with Crippen LogP contribution in [-0.2, 0) is 6.42 Å². The van der Waals surface area contributed by atoms with E-state index in [1.807, 2.05) is 30.5 Å². The van der Waals surface area contributed by atoms with Gasteiger partial charge in [-0.25, -0.2) is 4.39 Å². The van der Waals surface area contributed by atoms with Gasteiger partial charge >= 0.3 is 0 Å². The Morgan fingerprint density at radius 3 is 2.42 bits per heavy atom. The Balaban J connectivity index is 2.18. The number of hydrogen-bond acceptors (Lipinski definition) is 1. The molecule has 19 heavy (non-hydrogen) atoms. The first kappa shape index (κ1) is 14.7. The Kier molecular flexibility index (Phi) is 5.14. The third-order valence-electron chi connectivity index (χ3n) is 2.92. The number of thioether (sulfide) groups is 1. The van der Waals surface area contributed by atoms with Gasteiger partial charge in [0, 0.05) is 15.5 Å². The molecule has 0 heterocycles. The van der Waals surface area contributed by atoms with Gasteiger partial charge in [-0.2, -0.15) is 0 Å². The quantitative estimate of drug-likeness (QED) is 0.513. The van der Waals surface area contributed by atoms with E-state index in [1.54, 1.807) is 23.9 Å². The average molecular weight is 315 g/mol. The van der Waals surface area contributed by atoms with E-state index in [-0.39, 0.29) is 11.2 Å². The lowest BCUT2D eigenvalue weighted by Crippen LogP contribution is -1.99. The Morgan fingerprint density at radius 1 is 1.16 bits per heavy atom. The van der Waals surface area contributed by atoms with Crippen LogP contribution >= 0.6 is 35.0 Å². The standard InChI is InChI=1S/C15H13Cl2FS/c1-19-11-7-5-10(6-8-11)14(17)9-12-13(16)3-2-4-15(12)18/h2-8,14H,9H2,1H3. The maximum atomic E-state index is 13.7. The van der Waals surface area contributed by atoms with Crippen LogP contribution in [0.4, 0.5) is 4.39 Å². The number of alkyl halides is 1. The van der Waals surface area contributed by atoms with E-state index in [0.29, 0.717) is 17.0 Å². The fourth-order valence-electron chi connectivity index (χ4n) is 1.84. The fraction of sp³-hybridized carbons (Fsp3) is 0.200. The molecule has 0 amide bonds. The first-order valence-electron chi connectivity index (χ1n) is 5.82. The first-order valence-corrected chi connectivity index (χ1v) is 7.86. The molecule has 0 bridgehead atoms.